The van der Waals surface area contributed by atoms with Gasteiger partial charge in [-0.1, -0.05) is 20.8 Å². The average Bonchev–Trinajstić information content (AvgIpc) is 2.53. The van der Waals surface area contributed by atoms with Crippen molar-refractivity contribution in [3.63, 3.8) is 0 Å². The summed E-state index contributed by atoms with van der Waals surface area (Å²) in [5, 5.41) is 0. The molecular weight excluding hydrogens is 230 g/mol. The van der Waals surface area contributed by atoms with Crippen molar-refractivity contribution in [2.45, 2.75) is 52.1 Å². The summed E-state index contributed by atoms with van der Waals surface area (Å²) in [6.45, 7) is 10.1. The molecule has 17 heavy (non-hydrogen) atoms. The Morgan fingerprint density at radius 2 is 2.18 bits per heavy atom. The van der Waals surface area contributed by atoms with Crippen LogP contribution in [0.3, 0.4) is 0 Å². The largest absolute Gasteiger partial charge is 0.370 e. The van der Waals surface area contributed by atoms with Crippen molar-refractivity contribution in [2.75, 3.05) is 18.1 Å². The van der Waals surface area contributed by atoms with E-state index in [9.17, 15) is 0 Å². The van der Waals surface area contributed by atoms with Crippen LogP contribution in [0.4, 0.5) is 0 Å². The number of nitrogens with zero attached hydrogens (tertiary/aromatic N) is 2. The van der Waals surface area contributed by atoms with Gasteiger partial charge in [-0.3, -0.25) is 4.99 Å². The van der Waals surface area contributed by atoms with Gasteiger partial charge in [0.05, 0.1) is 12.1 Å². The number of nitrogens with two attached hydrogens (primary N) is 1. The van der Waals surface area contributed by atoms with E-state index in [1.165, 1.54) is 17.9 Å². The summed E-state index contributed by atoms with van der Waals surface area (Å²) < 4.78 is 0. The summed E-state index contributed by atoms with van der Waals surface area (Å²) >= 11 is 2.06. The molecule has 2 atom stereocenters. The van der Waals surface area contributed by atoms with Crippen LogP contribution in [0.15, 0.2) is 4.99 Å². The van der Waals surface area contributed by atoms with E-state index in [4.69, 9.17) is 5.73 Å². The molecule has 3 nitrogen and oxygen atoms in total. The van der Waals surface area contributed by atoms with Crippen LogP contribution in [-0.2, 0) is 0 Å². The zero-order valence-corrected chi connectivity index (χ0v) is 12.3. The third-order valence-electron chi connectivity index (χ3n) is 4.00. The lowest BCUT2D eigenvalue weighted by atomic mass is 9.78. The molecule has 2 heterocycles. The first kappa shape index (κ1) is 13.1. The highest BCUT2D eigenvalue weighted by Crippen LogP contribution is 2.44. The molecule has 1 fully saturated rings. The summed E-state index contributed by atoms with van der Waals surface area (Å²) in [5.41, 5.74) is 6.70. The van der Waals surface area contributed by atoms with E-state index in [2.05, 4.69) is 49.3 Å². The number of guanidine groups is 1. The fourth-order valence-corrected chi connectivity index (χ4v) is 4.73. The second-order valence-electron chi connectivity index (χ2n) is 6.36. The van der Waals surface area contributed by atoms with E-state index in [-0.39, 0.29) is 5.54 Å². The molecule has 2 aliphatic rings. The van der Waals surface area contributed by atoms with E-state index >= 15 is 0 Å². The molecule has 2 unspecified atom stereocenters. The highest BCUT2D eigenvalue weighted by Gasteiger charge is 2.49. The van der Waals surface area contributed by atoms with Crippen molar-refractivity contribution in [3.05, 3.63) is 0 Å². The van der Waals surface area contributed by atoms with Crippen LogP contribution in [0.1, 0.15) is 40.5 Å². The predicted octanol–water partition coefficient (Wildman–Crippen LogP) is 2.32. The summed E-state index contributed by atoms with van der Waals surface area (Å²) in [4.78, 5) is 6.94. The Morgan fingerprint density at radius 3 is 2.76 bits per heavy atom. The summed E-state index contributed by atoms with van der Waals surface area (Å²) in [6.07, 6.45) is 2.34. The van der Waals surface area contributed by atoms with Crippen LogP contribution in [0.5, 0.6) is 0 Å². The zero-order chi connectivity index (χ0) is 12.7. The molecule has 0 aromatic carbocycles. The SMILES string of the molecule is CCC(C)N1C(N)=NCC12CSCC(C)(C)C2. The monoisotopic (exact) mass is 255 g/mol. The molecule has 0 aromatic heterocycles. The fraction of sp³-hybridized carbons (Fsp3) is 0.923. The van der Waals surface area contributed by atoms with Gasteiger partial charge in [-0.25, -0.2) is 0 Å². The number of rotatable bonds is 2. The van der Waals surface area contributed by atoms with Gasteiger partial charge in [0.25, 0.3) is 0 Å². The maximum atomic E-state index is 6.12. The van der Waals surface area contributed by atoms with Crippen LogP contribution in [0.2, 0.25) is 0 Å². The Morgan fingerprint density at radius 1 is 1.47 bits per heavy atom. The molecule has 0 amide bonds. The van der Waals surface area contributed by atoms with E-state index in [0.29, 0.717) is 11.5 Å². The standard InChI is InChI=1S/C13H25N3S/c1-5-10(2)16-11(14)15-7-13(16)6-12(3,4)8-17-9-13/h10H,5-9H2,1-4H3,(H2,14,15). The quantitative estimate of drug-likeness (QED) is 0.823. The highest BCUT2D eigenvalue weighted by molar-refractivity contribution is 7.99. The fourth-order valence-electron chi connectivity index (χ4n) is 3.27. The Balaban J connectivity index is 2.25. The van der Waals surface area contributed by atoms with Gasteiger partial charge in [0.2, 0.25) is 0 Å². The molecule has 0 bridgehead atoms. The van der Waals surface area contributed by atoms with Crippen molar-refractivity contribution in [1.82, 2.24) is 4.90 Å². The van der Waals surface area contributed by atoms with E-state index in [1.807, 2.05) is 0 Å². The van der Waals surface area contributed by atoms with Gasteiger partial charge >= 0.3 is 0 Å². The Kier molecular flexibility index (Phi) is 3.36. The molecule has 0 saturated carbocycles. The van der Waals surface area contributed by atoms with Crippen LogP contribution < -0.4 is 5.73 Å². The van der Waals surface area contributed by atoms with Gasteiger partial charge in [0.1, 0.15) is 0 Å². The average molecular weight is 255 g/mol. The number of hydrogen-bond acceptors (Lipinski definition) is 4. The van der Waals surface area contributed by atoms with Gasteiger partial charge in [-0.05, 0) is 30.9 Å². The Hall–Kier alpha value is -0.380. The van der Waals surface area contributed by atoms with E-state index in [0.717, 1.165) is 18.9 Å². The first-order valence-corrected chi connectivity index (χ1v) is 7.73. The highest BCUT2D eigenvalue weighted by atomic mass is 32.2. The van der Waals surface area contributed by atoms with Crippen molar-refractivity contribution < 1.29 is 0 Å². The van der Waals surface area contributed by atoms with Crippen molar-refractivity contribution >= 4 is 17.7 Å². The molecular formula is C13H25N3S. The lowest BCUT2D eigenvalue weighted by molar-refractivity contribution is 0.116. The van der Waals surface area contributed by atoms with Gasteiger partial charge in [0.15, 0.2) is 5.96 Å². The minimum absolute atomic E-state index is 0.186. The van der Waals surface area contributed by atoms with Gasteiger partial charge in [-0.2, -0.15) is 11.8 Å². The lowest BCUT2D eigenvalue weighted by Gasteiger charge is -2.49. The molecule has 2 aliphatic heterocycles. The van der Waals surface area contributed by atoms with Gasteiger partial charge in [0, 0.05) is 11.8 Å². The van der Waals surface area contributed by atoms with E-state index in [1.54, 1.807) is 0 Å². The van der Waals surface area contributed by atoms with Gasteiger partial charge < -0.3 is 10.6 Å². The zero-order valence-electron chi connectivity index (χ0n) is 11.5. The summed E-state index contributed by atoms with van der Waals surface area (Å²) in [5.74, 6) is 3.19. The maximum Gasteiger partial charge on any atom is 0.192 e. The van der Waals surface area contributed by atoms with Crippen LogP contribution >= 0.6 is 11.8 Å². The van der Waals surface area contributed by atoms with Gasteiger partial charge in [-0.15, -0.1) is 0 Å². The van der Waals surface area contributed by atoms with Crippen molar-refractivity contribution in [3.8, 4) is 0 Å². The first-order valence-electron chi connectivity index (χ1n) is 6.57. The second-order valence-corrected chi connectivity index (χ2v) is 7.35. The molecule has 0 radical (unpaired) electrons. The minimum atomic E-state index is 0.186. The number of aliphatic imine (C=N–C) groups is 1. The topological polar surface area (TPSA) is 41.6 Å². The summed E-state index contributed by atoms with van der Waals surface area (Å²) in [6, 6.07) is 0.496. The van der Waals surface area contributed by atoms with Crippen molar-refractivity contribution in [2.24, 2.45) is 16.1 Å². The normalized spacial score (nSPS) is 33.9. The molecule has 1 spiro atoms. The molecule has 0 aromatic rings. The maximum absolute atomic E-state index is 6.12. The molecule has 1 saturated heterocycles. The third kappa shape index (κ3) is 2.28. The first-order chi connectivity index (χ1) is 7.90. The predicted molar refractivity (Wildman–Crippen MR) is 76.5 cm³/mol. The molecule has 2 rings (SSSR count). The third-order valence-corrected chi connectivity index (χ3v) is 5.72. The van der Waals surface area contributed by atoms with Crippen molar-refractivity contribution in [1.29, 1.82) is 0 Å². The second kappa shape index (κ2) is 4.38. The summed E-state index contributed by atoms with van der Waals surface area (Å²) in [7, 11) is 0. The van der Waals surface area contributed by atoms with Crippen LogP contribution in [-0.4, -0.2) is 40.5 Å². The lowest BCUT2D eigenvalue weighted by Crippen LogP contribution is -2.60. The Labute approximate surface area is 109 Å². The molecule has 98 valence electrons. The number of thioether (sulfide) groups is 1. The molecule has 2 N–H and O–H groups in total. The van der Waals surface area contributed by atoms with E-state index < -0.39 is 0 Å². The van der Waals surface area contributed by atoms with Crippen LogP contribution in [0.25, 0.3) is 0 Å². The molecule has 0 aliphatic carbocycles. The molecule has 4 heteroatoms. The number of hydrogen-bond donors (Lipinski definition) is 1. The minimum Gasteiger partial charge on any atom is -0.370 e. The Bertz CT molecular complexity index is 327. The van der Waals surface area contributed by atoms with Crippen LogP contribution in [0, 0.1) is 5.41 Å². The smallest absolute Gasteiger partial charge is 0.192 e.